The number of unbranched alkanes of at least 4 members (excludes halogenated alkanes) is 25. The molecule has 0 saturated carbocycles. The zero-order valence-electron chi connectivity index (χ0n) is 59.9. The SMILES string of the molecule is CB(O)NCCCCN(CC(CCCCCCNC(=O)CCCCCCCCCCCCCCCCCCCCCCCNC(=O)CCC(=O)N(CCNC(=O)C(O)C(O)C(O)C(O)CO)CCNC(=O)C(O)C(O)C(O)C(O)CO)CN(CCCCNB(C)O)B(C)O)B(C)O. The van der Waals surface area contributed by atoms with Gasteiger partial charge in [0, 0.05) is 58.5 Å². The van der Waals surface area contributed by atoms with Crippen LogP contribution in [0.1, 0.15) is 212 Å². The van der Waals surface area contributed by atoms with Gasteiger partial charge >= 0.3 is 28.2 Å². The third-order valence-electron chi connectivity index (χ3n) is 17.8. The molecule has 0 saturated heterocycles. The third kappa shape index (κ3) is 50.8. The summed E-state index contributed by atoms with van der Waals surface area (Å²) in [7, 11) is -2.26. The van der Waals surface area contributed by atoms with Gasteiger partial charge in [0.1, 0.15) is 36.6 Å². The number of nitrogens with zero attached hydrogens (tertiary/aromatic N) is 3. The number of hydrogen-bond donors (Lipinski definition) is 20. The lowest BCUT2D eigenvalue weighted by Crippen LogP contribution is -2.53. The van der Waals surface area contributed by atoms with Gasteiger partial charge in [0.05, 0.1) is 13.2 Å². The zero-order chi connectivity index (χ0) is 72.6. The molecule has 20 N–H and O–H groups in total. The number of carbonyl (C=O) groups excluding carboxylic acids is 5. The van der Waals surface area contributed by atoms with Crippen LogP contribution < -0.4 is 31.7 Å². The Kier molecular flexibility index (Phi) is 59.6. The van der Waals surface area contributed by atoms with Gasteiger partial charge in [-0.1, -0.05) is 141 Å². The minimum atomic E-state index is -2.23. The highest BCUT2D eigenvalue weighted by molar-refractivity contribution is 6.46. The Morgan fingerprint density at radius 1 is 0.351 bits per heavy atom. The van der Waals surface area contributed by atoms with E-state index in [-0.39, 0.29) is 56.8 Å². The topological polar surface area (TPSA) is 450 Å². The fourth-order valence-corrected chi connectivity index (χ4v) is 11.5. The maximum Gasteiger partial charge on any atom is 0.376 e. The van der Waals surface area contributed by atoms with E-state index in [2.05, 4.69) is 41.3 Å². The van der Waals surface area contributed by atoms with Crippen molar-refractivity contribution in [2.24, 2.45) is 5.92 Å². The summed E-state index contributed by atoms with van der Waals surface area (Å²) < 4.78 is 0. The van der Waals surface area contributed by atoms with Gasteiger partial charge in [0.15, 0.2) is 12.2 Å². The fraction of sp³-hybridized carbons (Fsp3) is 0.923. The molecule has 0 aromatic heterocycles. The van der Waals surface area contributed by atoms with Crippen LogP contribution in [0.3, 0.4) is 0 Å². The molecule has 32 heteroatoms. The molecule has 0 fully saturated rings. The molecule has 0 spiro atoms. The van der Waals surface area contributed by atoms with E-state index in [1.807, 2.05) is 13.6 Å². The highest BCUT2D eigenvalue weighted by Crippen LogP contribution is 2.19. The van der Waals surface area contributed by atoms with Crippen molar-refractivity contribution in [2.45, 2.75) is 288 Å². The average molecular weight is 1390 g/mol. The van der Waals surface area contributed by atoms with Crippen LogP contribution in [0.4, 0.5) is 0 Å². The van der Waals surface area contributed by atoms with E-state index in [9.17, 15) is 84.9 Å². The molecule has 0 rings (SSSR count). The van der Waals surface area contributed by atoms with E-state index in [0.29, 0.717) is 32.6 Å². The Bertz CT molecular complexity index is 1870. The first-order chi connectivity index (χ1) is 46.4. The first-order valence-electron chi connectivity index (χ1n) is 37.1. The van der Waals surface area contributed by atoms with Gasteiger partial charge in [-0.3, -0.25) is 24.0 Å². The first-order valence-corrected chi connectivity index (χ1v) is 37.1. The van der Waals surface area contributed by atoms with Crippen molar-refractivity contribution in [3.63, 3.8) is 0 Å². The zero-order valence-corrected chi connectivity index (χ0v) is 59.9. The third-order valence-corrected chi connectivity index (χ3v) is 17.8. The lowest BCUT2D eigenvalue weighted by atomic mass is 9.80. The van der Waals surface area contributed by atoms with Gasteiger partial charge in [-0.2, -0.15) is 0 Å². The van der Waals surface area contributed by atoms with E-state index in [4.69, 9.17) is 10.2 Å². The molecule has 5 amide bonds. The predicted octanol–water partition coefficient (Wildman–Crippen LogP) is -0.135. The van der Waals surface area contributed by atoms with Crippen LogP contribution in [-0.2, 0) is 24.0 Å². The van der Waals surface area contributed by atoms with Crippen molar-refractivity contribution in [3.8, 4) is 0 Å². The minimum Gasteiger partial charge on any atom is -0.437 e. The van der Waals surface area contributed by atoms with E-state index in [1.165, 1.54) is 96.3 Å². The van der Waals surface area contributed by atoms with Gasteiger partial charge in [-0.25, -0.2) is 0 Å². The number of carbonyl (C=O) groups is 5. The van der Waals surface area contributed by atoms with Crippen LogP contribution in [0.15, 0.2) is 0 Å². The first kappa shape index (κ1) is 93.9. The van der Waals surface area contributed by atoms with E-state index < -0.39 is 108 Å². The van der Waals surface area contributed by atoms with Crippen molar-refractivity contribution in [2.75, 3.05) is 91.8 Å². The number of amides is 5. The number of nitrogens with one attached hydrogen (secondary N) is 6. The molecular formula is C65H135B4N9O19. The van der Waals surface area contributed by atoms with Crippen LogP contribution in [0.25, 0.3) is 0 Å². The van der Waals surface area contributed by atoms with Crippen LogP contribution in [0.2, 0.25) is 27.3 Å². The summed E-state index contributed by atoms with van der Waals surface area (Å²) in [5.41, 5.74) is 0. The summed E-state index contributed by atoms with van der Waals surface area (Å²) in [5, 5.41) is 154. The maximum absolute atomic E-state index is 13.2. The van der Waals surface area contributed by atoms with Crippen LogP contribution in [-0.4, -0.2) is 284 Å². The second kappa shape index (κ2) is 61.5. The fourth-order valence-electron chi connectivity index (χ4n) is 11.5. The predicted molar refractivity (Wildman–Crippen MR) is 381 cm³/mol. The maximum atomic E-state index is 13.2. The largest absolute Gasteiger partial charge is 0.437 e. The Labute approximate surface area is 582 Å². The summed E-state index contributed by atoms with van der Waals surface area (Å²) in [5.74, 6) is -2.88. The van der Waals surface area contributed by atoms with Gasteiger partial charge in [0.25, 0.3) is 11.8 Å². The number of aliphatic hydroxyl groups is 10. The molecule has 566 valence electrons. The van der Waals surface area contributed by atoms with Crippen LogP contribution >= 0.6 is 0 Å². The minimum absolute atomic E-state index is 0.146. The van der Waals surface area contributed by atoms with Gasteiger partial charge in [0.2, 0.25) is 17.7 Å². The normalized spacial score (nSPS) is 14.2. The standard InChI is InChI=1S/C65H135B4N9O19/c1-66(94)74-40-30-32-44-77(68(3)96)48-52(49-78(69(4)97)45-33-31-41-75-67(2)95)34-26-23-25-29-38-70-55(83)35-27-22-20-18-16-14-12-10-8-6-5-7-9-11-13-15-17-19-21-24-28-39-71-56(84)36-37-57(85)76(46-42-72-64(92)62(90)60(88)58(86)53(81)50-79)47-43-73-65(93)63(91)61(89)59(87)54(82)51-80/h52-54,58-63,74-75,79-82,86-91,94-97H,5-51H2,1-4H3,(H,70,83)(H,71,84)(H,72,92)(H,73,93). The monoisotopic (exact) mass is 1390 g/mol. The second-order valence-electron chi connectivity index (χ2n) is 26.7. The molecule has 0 aliphatic heterocycles. The molecule has 0 aliphatic carbocycles. The van der Waals surface area contributed by atoms with Crippen LogP contribution in [0.5, 0.6) is 0 Å². The summed E-state index contributed by atoms with van der Waals surface area (Å²) in [6.45, 7) is 9.55. The van der Waals surface area contributed by atoms with E-state index in [1.54, 1.807) is 13.6 Å². The van der Waals surface area contributed by atoms with E-state index >= 15 is 0 Å². The van der Waals surface area contributed by atoms with E-state index in [0.717, 1.165) is 127 Å². The highest BCUT2D eigenvalue weighted by atomic mass is 16.4. The molecule has 0 bridgehead atoms. The summed E-state index contributed by atoms with van der Waals surface area (Å²) in [6, 6.07) is 0. The smallest absolute Gasteiger partial charge is 0.376 e. The molecule has 8 atom stereocenters. The molecule has 8 unspecified atom stereocenters. The molecule has 0 aliphatic rings. The van der Waals surface area contributed by atoms with Crippen molar-refractivity contribution in [3.05, 3.63) is 0 Å². The number of hydrogen-bond acceptors (Lipinski definition) is 23. The Morgan fingerprint density at radius 2 is 0.670 bits per heavy atom. The molecule has 0 aromatic carbocycles. The molecule has 0 radical (unpaired) electrons. The molecule has 0 aromatic rings. The molecule has 28 nitrogen and oxygen atoms in total. The van der Waals surface area contributed by atoms with Crippen molar-refractivity contribution in [1.82, 2.24) is 46.2 Å². The lowest BCUT2D eigenvalue weighted by Gasteiger charge is -2.33. The number of rotatable bonds is 68. The summed E-state index contributed by atoms with van der Waals surface area (Å²) in [6.07, 6.45) is 17.0. The molecule has 0 heterocycles. The van der Waals surface area contributed by atoms with Gasteiger partial charge in [-0.05, 0) is 124 Å². The highest BCUT2D eigenvalue weighted by Gasteiger charge is 2.36. The Morgan fingerprint density at radius 3 is 1.01 bits per heavy atom. The van der Waals surface area contributed by atoms with Crippen LogP contribution in [0, 0.1) is 5.92 Å². The Balaban J connectivity index is 4.24. The quantitative estimate of drug-likeness (QED) is 0.0278. The number of aliphatic hydroxyl groups excluding tert-OH is 10. The van der Waals surface area contributed by atoms with Crippen molar-refractivity contribution in [1.29, 1.82) is 0 Å². The van der Waals surface area contributed by atoms with Gasteiger partial charge < -0.3 is 117 Å². The molecular weight excluding hydrogens is 1250 g/mol. The summed E-state index contributed by atoms with van der Waals surface area (Å²) in [4.78, 5) is 68.7. The second-order valence-corrected chi connectivity index (χ2v) is 26.7. The average Bonchev–Trinajstić information content (AvgIpc) is 1.05. The van der Waals surface area contributed by atoms with Gasteiger partial charge in [-0.15, -0.1) is 0 Å². The van der Waals surface area contributed by atoms with Crippen molar-refractivity contribution < 1.29 is 95.1 Å². The Hall–Kier alpha value is -3.11. The summed E-state index contributed by atoms with van der Waals surface area (Å²) >= 11 is 0. The molecule has 97 heavy (non-hydrogen) atoms. The lowest BCUT2D eigenvalue weighted by molar-refractivity contribution is -0.149. The van der Waals surface area contributed by atoms with Crippen molar-refractivity contribution >= 4 is 57.7 Å².